The third kappa shape index (κ3) is 3.67. The molecule has 15 heavy (non-hydrogen) atoms. The van der Waals surface area contributed by atoms with Gasteiger partial charge in [-0.1, -0.05) is 17.8 Å². The second kappa shape index (κ2) is 6.13. The lowest BCUT2D eigenvalue weighted by molar-refractivity contribution is -0.129. The van der Waals surface area contributed by atoms with Crippen molar-refractivity contribution in [1.82, 2.24) is 0 Å². The van der Waals surface area contributed by atoms with Gasteiger partial charge in [-0.05, 0) is 0 Å². The second-order valence-electron chi connectivity index (χ2n) is 2.53. The molecule has 1 aliphatic heterocycles. The van der Waals surface area contributed by atoms with E-state index in [1.807, 2.05) is 0 Å². The molecule has 0 bridgehead atoms. The molecule has 1 rings (SSSR count). The van der Waals surface area contributed by atoms with Gasteiger partial charge in [-0.2, -0.15) is 0 Å². The average Bonchev–Trinajstić information content (AvgIpc) is 2.25. The van der Waals surface area contributed by atoms with E-state index in [0.717, 1.165) is 5.75 Å². The molecule has 1 aliphatic rings. The van der Waals surface area contributed by atoms with E-state index in [0.29, 0.717) is 6.61 Å². The quantitative estimate of drug-likeness (QED) is 0.332. The van der Waals surface area contributed by atoms with Crippen LogP contribution in [0.25, 0.3) is 0 Å². The number of aliphatic carboxylic acids is 1. The average molecular weight is 229 g/mol. The maximum absolute atomic E-state index is 10.8. The highest BCUT2D eigenvalue weighted by atomic mass is 32.2. The van der Waals surface area contributed by atoms with Crippen molar-refractivity contribution in [2.45, 2.75) is 0 Å². The zero-order valence-corrected chi connectivity index (χ0v) is 8.83. The van der Waals surface area contributed by atoms with E-state index in [4.69, 9.17) is 14.7 Å². The highest BCUT2D eigenvalue weighted by molar-refractivity contribution is 8.02. The van der Waals surface area contributed by atoms with Gasteiger partial charge in [-0.3, -0.25) is 0 Å². The van der Waals surface area contributed by atoms with Crippen molar-refractivity contribution in [3.8, 4) is 0 Å². The molecule has 0 saturated carbocycles. The lowest BCUT2D eigenvalue weighted by Crippen LogP contribution is -2.20. The smallest absolute Gasteiger partial charge is 0.361 e. The molecule has 1 heterocycles. The molecule has 0 aliphatic carbocycles. The van der Waals surface area contributed by atoms with Gasteiger partial charge < -0.3 is 14.7 Å². The van der Waals surface area contributed by atoms with Crippen LogP contribution >= 0.6 is 11.8 Å². The highest BCUT2D eigenvalue weighted by Gasteiger charge is 2.20. The summed E-state index contributed by atoms with van der Waals surface area (Å²) in [4.78, 5) is 15.5. The minimum absolute atomic E-state index is 0.164. The number of nitrogens with zero attached hydrogens (tertiary/aromatic N) is 1. The molecule has 0 aromatic rings. The van der Waals surface area contributed by atoms with E-state index < -0.39 is 5.97 Å². The van der Waals surface area contributed by atoms with E-state index in [9.17, 15) is 4.79 Å². The molecule has 0 saturated heterocycles. The molecule has 0 unspecified atom stereocenters. The number of rotatable bonds is 5. The summed E-state index contributed by atoms with van der Waals surface area (Å²) < 4.78 is 5.15. The van der Waals surface area contributed by atoms with Gasteiger partial charge >= 0.3 is 5.97 Å². The Hall–Kier alpha value is -1.43. The predicted octanol–water partition coefficient (Wildman–Crippen LogP) is 1.23. The Bertz CT molecular complexity index is 311. The van der Waals surface area contributed by atoms with Crippen molar-refractivity contribution < 1.29 is 19.5 Å². The molecule has 0 fully saturated rings. The minimum Gasteiger partial charge on any atom is -0.489 e. The molecule has 6 heteroatoms. The third-order valence-electron chi connectivity index (χ3n) is 1.43. The summed E-state index contributed by atoms with van der Waals surface area (Å²) in [6.45, 7) is 4.06. The van der Waals surface area contributed by atoms with E-state index in [-0.39, 0.29) is 18.1 Å². The van der Waals surface area contributed by atoms with Crippen molar-refractivity contribution in [2.24, 2.45) is 5.16 Å². The fourth-order valence-electron chi connectivity index (χ4n) is 0.836. The first kappa shape index (κ1) is 11.6. The normalized spacial score (nSPS) is 16.3. The van der Waals surface area contributed by atoms with Gasteiger partial charge in [-0.25, -0.2) is 4.79 Å². The van der Waals surface area contributed by atoms with E-state index in [1.165, 1.54) is 17.8 Å². The van der Waals surface area contributed by atoms with Gasteiger partial charge in [0.1, 0.15) is 6.61 Å². The summed E-state index contributed by atoms with van der Waals surface area (Å²) in [5.74, 6) is -0.125. The Morgan fingerprint density at radius 3 is 3.20 bits per heavy atom. The number of ether oxygens (including phenoxy) is 1. The molecule has 0 spiro atoms. The summed E-state index contributed by atoms with van der Waals surface area (Å²) in [5, 5.41) is 14.0. The monoisotopic (exact) mass is 229 g/mol. The van der Waals surface area contributed by atoms with Crippen molar-refractivity contribution in [3.05, 3.63) is 23.8 Å². The maximum Gasteiger partial charge on any atom is 0.361 e. The fourth-order valence-corrected chi connectivity index (χ4v) is 1.46. The lowest BCUT2D eigenvalue weighted by atomic mass is 10.3. The first-order valence-corrected chi connectivity index (χ1v) is 5.29. The predicted molar refractivity (Wildman–Crippen MR) is 57.7 cm³/mol. The van der Waals surface area contributed by atoms with Crippen molar-refractivity contribution in [3.63, 3.8) is 0 Å². The number of oxime groups is 1. The van der Waals surface area contributed by atoms with E-state index in [1.54, 1.807) is 5.41 Å². The summed E-state index contributed by atoms with van der Waals surface area (Å²) >= 11 is 1.48. The molecule has 1 N–H and O–H groups in total. The molecule has 0 atom stereocenters. The standard InChI is InChI=1S/C9H11NO4S/c1-2-3-14-10-8(9(11)12)7-6-15-5-4-13-7/h2,6H,1,3-5H2,(H,11,12)/b10-8+. The second-order valence-corrected chi connectivity index (χ2v) is 3.51. The molecule has 5 nitrogen and oxygen atoms in total. The van der Waals surface area contributed by atoms with Crippen LogP contribution in [0.3, 0.4) is 0 Å². The van der Waals surface area contributed by atoms with Crippen LogP contribution < -0.4 is 0 Å². The zero-order valence-electron chi connectivity index (χ0n) is 8.01. The number of carboxylic acids is 1. The molecule has 82 valence electrons. The summed E-state index contributed by atoms with van der Waals surface area (Å²) in [7, 11) is 0. The topological polar surface area (TPSA) is 68.1 Å². The number of carbonyl (C=O) groups is 1. The van der Waals surface area contributed by atoms with Crippen LogP contribution in [0.1, 0.15) is 0 Å². The van der Waals surface area contributed by atoms with Gasteiger partial charge in [0.15, 0.2) is 5.76 Å². The first-order chi connectivity index (χ1) is 7.25. The molecule has 0 amide bonds. The summed E-state index contributed by atoms with van der Waals surface area (Å²) in [5.41, 5.74) is -0.218. The Morgan fingerprint density at radius 1 is 1.87 bits per heavy atom. The van der Waals surface area contributed by atoms with Gasteiger partial charge in [0, 0.05) is 11.2 Å². The van der Waals surface area contributed by atoms with Gasteiger partial charge in [0.05, 0.1) is 6.61 Å². The maximum atomic E-state index is 10.8. The van der Waals surface area contributed by atoms with Crippen molar-refractivity contribution in [2.75, 3.05) is 19.0 Å². The first-order valence-electron chi connectivity index (χ1n) is 4.24. The SMILES string of the molecule is C=CCO/N=C(/C(=O)O)C1=CSCCO1. The van der Waals surface area contributed by atoms with Crippen LogP contribution in [0.15, 0.2) is 29.0 Å². The van der Waals surface area contributed by atoms with Crippen LogP contribution in [-0.2, 0) is 14.4 Å². The van der Waals surface area contributed by atoms with Crippen molar-refractivity contribution in [1.29, 1.82) is 0 Å². The largest absolute Gasteiger partial charge is 0.489 e. The number of thioether (sulfide) groups is 1. The number of carboxylic acid groups (broad SMARTS) is 1. The Kier molecular flexibility index (Phi) is 4.76. The molecule has 0 radical (unpaired) electrons. The van der Waals surface area contributed by atoms with Crippen molar-refractivity contribution >= 4 is 23.4 Å². The van der Waals surface area contributed by atoms with Gasteiger partial charge in [-0.15, -0.1) is 11.8 Å². The van der Waals surface area contributed by atoms with Crippen LogP contribution in [0.4, 0.5) is 0 Å². The van der Waals surface area contributed by atoms with E-state index >= 15 is 0 Å². The van der Waals surface area contributed by atoms with Crippen LogP contribution in [0.2, 0.25) is 0 Å². The van der Waals surface area contributed by atoms with Crippen LogP contribution in [0, 0.1) is 0 Å². The highest BCUT2D eigenvalue weighted by Crippen LogP contribution is 2.16. The number of hydrogen-bond donors (Lipinski definition) is 1. The van der Waals surface area contributed by atoms with Crippen LogP contribution in [0.5, 0.6) is 0 Å². The molecular formula is C9H11NO4S. The Labute approximate surface area is 91.4 Å². The molecule has 0 aromatic carbocycles. The van der Waals surface area contributed by atoms with Gasteiger partial charge in [0.2, 0.25) is 5.71 Å². The molecular weight excluding hydrogens is 218 g/mol. The number of hydrogen-bond acceptors (Lipinski definition) is 5. The van der Waals surface area contributed by atoms with E-state index in [2.05, 4.69) is 11.7 Å². The summed E-state index contributed by atoms with van der Waals surface area (Å²) in [6.07, 6.45) is 1.48. The molecule has 0 aromatic heterocycles. The lowest BCUT2D eigenvalue weighted by Gasteiger charge is -2.13. The Morgan fingerprint density at radius 2 is 2.67 bits per heavy atom. The third-order valence-corrected chi connectivity index (χ3v) is 2.22. The van der Waals surface area contributed by atoms with Gasteiger partial charge in [0.25, 0.3) is 0 Å². The fraction of sp³-hybridized carbons (Fsp3) is 0.333. The summed E-state index contributed by atoms with van der Waals surface area (Å²) in [6, 6.07) is 0. The van der Waals surface area contributed by atoms with Crippen LogP contribution in [-0.4, -0.2) is 35.8 Å². The Balaban J connectivity index is 2.72. The zero-order chi connectivity index (χ0) is 11.1. The minimum atomic E-state index is -1.17.